The molecule has 0 aromatic heterocycles. The number of ether oxygens (including phenoxy) is 3. The molecule has 0 spiro atoms. The quantitative estimate of drug-likeness (QED) is 0.172. The Hall–Kier alpha value is -1.38. The third-order valence-corrected chi connectivity index (χ3v) is 7.37. The van der Waals surface area contributed by atoms with Crippen LogP contribution in [0.3, 0.4) is 0 Å². The minimum Gasteiger partial charge on any atom is -0.481 e. The van der Waals surface area contributed by atoms with Crippen LogP contribution in [0.1, 0.15) is 74.7 Å². The van der Waals surface area contributed by atoms with Gasteiger partial charge in [0.2, 0.25) is 0 Å². The number of hydrogen-bond donors (Lipinski definition) is 6. The summed E-state index contributed by atoms with van der Waals surface area (Å²) in [6, 6.07) is 0. The summed E-state index contributed by atoms with van der Waals surface area (Å²) in [6.07, 6.45) is -6.56. The highest BCUT2D eigenvalue weighted by molar-refractivity contribution is 5.72. The second-order valence-corrected chi connectivity index (χ2v) is 11.4. The molecule has 1 rings (SSSR count). The molecule has 1 aliphatic rings. The number of carbonyl (C=O) groups is 2. The Bertz CT molecular complexity index is 737. The second-order valence-electron chi connectivity index (χ2n) is 11.4. The molecule has 0 aromatic carbocycles. The third kappa shape index (κ3) is 8.06. The number of hydrogen-bond acceptors (Lipinski definition) is 11. The van der Waals surface area contributed by atoms with Gasteiger partial charge < -0.3 is 40.4 Å². The summed E-state index contributed by atoms with van der Waals surface area (Å²) >= 11 is 0. The molecule has 0 radical (unpaired) electrons. The predicted molar refractivity (Wildman–Crippen MR) is 130 cm³/mol. The number of carboxylic acid groups (broad SMARTS) is 1. The lowest BCUT2D eigenvalue weighted by molar-refractivity contribution is -0.255. The Morgan fingerprint density at radius 1 is 1.25 bits per heavy atom. The van der Waals surface area contributed by atoms with E-state index in [2.05, 4.69) is 5.48 Å². The van der Waals surface area contributed by atoms with Gasteiger partial charge in [-0.25, -0.2) is 0 Å². The zero-order chi connectivity index (χ0) is 28.1. The first-order valence-corrected chi connectivity index (χ1v) is 12.2. The van der Waals surface area contributed by atoms with Crippen molar-refractivity contribution in [2.24, 2.45) is 11.1 Å². The van der Waals surface area contributed by atoms with Gasteiger partial charge in [0.15, 0.2) is 6.29 Å². The monoisotopic (exact) mass is 522 g/mol. The van der Waals surface area contributed by atoms with E-state index in [-0.39, 0.29) is 26.1 Å². The molecular formula is C24H46N2O10. The number of hydroxylamine groups is 1. The molecule has 7 unspecified atom stereocenters. The van der Waals surface area contributed by atoms with E-state index < -0.39 is 71.2 Å². The Morgan fingerprint density at radius 3 is 2.31 bits per heavy atom. The van der Waals surface area contributed by atoms with Gasteiger partial charge in [-0.1, -0.05) is 20.8 Å². The normalized spacial score (nSPS) is 32.3. The van der Waals surface area contributed by atoms with Gasteiger partial charge >= 0.3 is 11.9 Å². The van der Waals surface area contributed by atoms with Crippen molar-refractivity contribution < 1.29 is 49.1 Å². The molecule has 1 saturated heterocycles. The Kier molecular flexibility index (Phi) is 11.3. The Labute approximate surface area is 213 Å². The van der Waals surface area contributed by atoms with Crippen LogP contribution in [-0.2, 0) is 28.6 Å². The molecule has 0 amide bonds. The van der Waals surface area contributed by atoms with E-state index in [0.717, 1.165) is 0 Å². The summed E-state index contributed by atoms with van der Waals surface area (Å²) in [7, 11) is 0. The third-order valence-electron chi connectivity index (χ3n) is 7.37. The molecule has 1 aliphatic heterocycles. The minimum atomic E-state index is -1.39. The van der Waals surface area contributed by atoms with Crippen LogP contribution in [0.5, 0.6) is 0 Å². The van der Waals surface area contributed by atoms with E-state index in [1.807, 2.05) is 20.8 Å². The van der Waals surface area contributed by atoms with Crippen molar-refractivity contribution in [3.8, 4) is 0 Å². The number of rotatable bonds is 10. The summed E-state index contributed by atoms with van der Waals surface area (Å²) in [6.45, 7) is 13.4. The number of nitrogens with two attached hydrogens (primary N) is 1. The summed E-state index contributed by atoms with van der Waals surface area (Å²) in [5.74, 6) is -1.93. The number of cyclic esters (lactones) is 1. The number of aliphatic hydroxyl groups is 3. The van der Waals surface area contributed by atoms with Crippen molar-refractivity contribution in [3.05, 3.63) is 0 Å². The topological polar surface area (TPSA) is 190 Å². The van der Waals surface area contributed by atoms with Gasteiger partial charge in [-0.2, -0.15) is 5.48 Å². The number of nitrogens with one attached hydrogen (secondary N) is 1. The van der Waals surface area contributed by atoms with E-state index in [4.69, 9.17) is 24.8 Å². The van der Waals surface area contributed by atoms with Crippen molar-refractivity contribution in [2.75, 3.05) is 13.2 Å². The molecule has 1 heterocycles. The van der Waals surface area contributed by atoms with Gasteiger partial charge in [-0.3, -0.25) is 14.4 Å². The molecule has 36 heavy (non-hydrogen) atoms. The van der Waals surface area contributed by atoms with Crippen LogP contribution in [-0.4, -0.2) is 93.0 Å². The fourth-order valence-corrected chi connectivity index (χ4v) is 3.64. The fourth-order valence-electron chi connectivity index (χ4n) is 3.64. The summed E-state index contributed by atoms with van der Waals surface area (Å²) in [5.41, 5.74) is 5.30. The first kappa shape index (κ1) is 32.6. The van der Waals surface area contributed by atoms with Gasteiger partial charge in [0.1, 0.15) is 11.7 Å². The maximum Gasteiger partial charge on any atom is 0.308 e. The second kappa shape index (κ2) is 12.4. The number of esters is 1. The number of carboxylic acids is 1. The minimum absolute atomic E-state index is 0.107. The molecule has 12 heteroatoms. The van der Waals surface area contributed by atoms with Crippen LogP contribution in [0.25, 0.3) is 0 Å². The first-order valence-electron chi connectivity index (χ1n) is 12.2. The highest BCUT2D eigenvalue weighted by Gasteiger charge is 2.54. The lowest BCUT2D eigenvalue weighted by Gasteiger charge is -2.52. The average molecular weight is 523 g/mol. The molecule has 7 atom stereocenters. The Morgan fingerprint density at radius 2 is 1.83 bits per heavy atom. The van der Waals surface area contributed by atoms with Crippen LogP contribution in [0.2, 0.25) is 0 Å². The zero-order valence-electron chi connectivity index (χ0n) is 22.7. The van der Waals surface area contributed by atoms with Crippen LogP contribution < -0.4 is 11.2 Å². The lowest BCUT2D eigenvalue weighted by Crippen LogP contribution is -2.71. The lowest BCUT2D eigenvalue weighted by atomic mass is 9.70. The molecule has 212 valence electrons. The molecule has 1 fully saturated rings. The molecule has 0 saturated carbocycles. The predicted octanol–water partition coefficient (Wildman–Crippen LogP) is 0.451. The molecule has 12 nitrogen and oxygen atoms in total. The average Bonchev–Trinajstić information content (AvgIpc) is 2.72. The van der Waals surface area contributed by atoms with Crippen molar-refractivity contribution in [1.82, 2.24) is 5.48 Å². The maximum absolute atomic E-state index is 13.2. The van der Waals surface area contributed by atoms with Crippen molar-refractivity contribution in [1.29, 1.82) is 0 Å². The summed E-state index contributed by atoms with van der Waals surface area (Å²) < 4.78 is 17.4. The SMILES string of the molecule is CC(O)C(O)CC(OCCO)OC1CC(=O)OC(CC(=O)O)C(C)(N)C(C)(C)ONC1(C)C(C)(C)C. The van der Waals surface area contributed by atoms with Gasteiger partial charge in [0.25, 0.3) is 0 Å². The van der Waals surface area contributed by atoms with Crippen LogP contribution in [0.4, 0.5) is 0 Å². The highest BCUT2D eigenvalue weighted by atomic mass is 16.7. The molecular weight excluding hydrogens is 476 g/mol. The maximum atomic E-state index is 13.2. The van der Waals surface area contributed by atoms with Gasteiger partial charge in [0, 0.05) is 6.42 Å². The van der Waals surface area contributed by atoms with Crippen molar-refractivity contribution in [2.45, 2.75) is 122 Å². The largest absolute Gasteiger partial charge is 0.481 e. The van der Waals surface area contributed by atoms with E-state index in [9.17, 15) is 30.0 Å². The Balaban J connectivity index is 3.50. The summed E-state index contributed by atoms with van der Waals surface area (Å²) in [4.78, 5) is 30.8. The van der Waals surface area contributed by atoms with Gasteiger partial charge in [0.05, 0.1) is 55.4 Å². The van der Waals surface area contributed by atoms with Gasteiger partial charge in [-0.15, -0.1) is 0 Å². The molecule has 0 bridgehead atoms. The van der Waals surface area contributed by atoms with Crippen molar-refractivity contribution in [3.63, 3.8) is 0 Å². The zero-order valence-corrected chi connectivity index (χ0v) is 22.7. The molecule has 0 aliphatic carbocycles. The summed E-state index contributed by atoms with van der Waals surface area (Å²) in [5, 5.41) is 38.6. The number of aliphatic hydroxyl groups excluding tert-OH is 3. The van der Waals surface area contributed by atoms with Crippen LogP contribution in [0, 0.1) is 5.41 Å². The van der Waals surface area contributed by atoms with E-state index >= 15 is 0 Å². The fraction of sp³-hybridized carbons (Fsp3) is 0.917. The smallest absolute Gasteiger partial charge is 0.308 e. The first-order chi connectivity index (χ1) is 16.3. The van der Waals surface area contributed by atoms with E-state index in [1.54, 1.807) is 27.7 Å². The van der Waals surface area contributed by atoms with Crippen molar-refractivity contribution >= 4 is 11.9 Å². The van der Waals surface area contributed by atoms with E-state index in [1.165, 1.54) is 6.92 Å². The van der Waals surface area contributed by atoms with E-state index in [0.29, 0.717) is 0 Å². The molecule has 0 aromatic rings. The van der Waals surface area contributed by atoms with Crippen LogP contribution in [0.15, 0.2) is 0 Å². The number of carbonyl (C=O) groups excluding carboxylic acids is 1. The van der Waals surface area contributed by atoms with Gasteiger partial charge in [-0.05, 0) is 40.0 Å². The standard InChI is InChI=1S/C24H46N2O10/c1-14(28)15(29)11-20(33-10-9-27)35-17-13-19(32)34-16(12-18(30)31)23(7,25)22(5,6)36-26-24(17,8)21(2,3)4/h14-17,20,26-29H,9-13,25H2,1-8H3,(H,30,31). The molecule has 7 N–H and O–H groups in total. The highest BCUT2D eigenvalue weighted by Crippen LogP contribution is 2.40. The van der Waals surface area contributed by atoms with Crippen LogP contribution >= 0.6 is 0 Å². The number of aliphatic carboxylic acids is 1.